The molecule has 2 amide bonds. The van der Waals surface area contributed by atoms with E-state index in [9.17, 15) is 18.7 Å². The van der Waals surface area contributed by atoms with E-state index in [1.165, 1.54) is 69.6 Å². The van der Waals surface area contributed by atoms with E-state index in [1.54, 1.807) is 20.8 Å². The number of anilines is 2. The van der Waals surface area contributed by atoms with Crippen LogP contribution in [0.25, 0.3) is 0 Å². The highest BCUT2D eigenvalue weighted by atomic mass is 19.1. The monoisotopic (exact) mass is 587 g/mol. The smallest absolute Gasteiger partial charge is 0.326 e. The van der Waals surface area contributed by atoms with E-state index in [2.05, 4.69) is 20.5 Å². The van der Waals surface area contributed by atoms with Crippen molar-refractivity contribution >= 4 is 17.4 Å². The predicted octanol–water partition coefficient (Wildman–Crippen LogP) is 4.48. The quantitative estimate of drug-likeness (QED) is 0.222. The van der Waals surface area contributed by atoms with E-state index in [-0.39, 0.29) is 18.7 Å². The molecule has 0 bridgehead atoms. The minimum absolute atomic E-state index is 0.0371. The maximum absolute atomic E-state index is 15.0. The molecule has 0 spiro atoms. The van der Waals surface area contributed by atoms with Gasteiger partial charge in [0, 0.05) is 36.7 Å². The standard InChI is InChI=1S/C28H32F3N7O4/c1-4-41-26(42-5-2)15-37(27(39)35-22-9-6-20(29)7-10-22)23-13-33-38(14-23)19(3)28(40,16-36-18-32-17-34-36)24-11-8-21(30)12-25(24)31/h6-14,17-19,26,40H,4-5,15-16H2,1-3H3,(H,35,39)/t19-,28-/m1/s1. The largest absolute Gasteiger partial charge is 0.381 e. The zero-order valence-electron chi connectivity index (χ0n) is 23.3. The van der Waals surface area contributed by atoms with E-state index < -0.39 is 41.4 Å². The summed E-state index contributed by atoms with van der Waals surface area (Å²) < 4.78 is 56.2. The van der Waals surface area contributed by atoms with Gasteiger partial charge in [-0.05, 0) is 51.1 Å². The van der Waals surface area contributed by atoms with Crippen molar-refractivity contribution in [2.24, 2.45) is 0 Å². The van der Waals surface area contributed by atoms with Crippen LogP contribution in [0.5, 0.6) is 0 Å². The first kappa shape index (κ1) is 30.7. The number of halogens is 3. The summed E-state index contributed by atoms with van der Waals surface area (Å²) in [5.74, 6) is -2.20. The Hall–Kier alpha value is -4.27. The molecule has 0 saturated heterocycles. The number of benzene rings is 2. The van der Waals surface area contributed by atoms with Crippen LogP contribution in [0.2, 0.25) is 0 Å². The average Bonchev–Trinajstić information content (AvgIpc) is 3.65. The molecule has 2 aromatic carbocycles. The van der Waals surface area contributed by atoms with Crippen LogP contribution in [0.15, 0.2) is 67.5 Å². The summed E-state index contributed by atoms with van der Waals surface area (Å²) in [5.41, 5.74) is -1.50. The number of aliphatic hydroxyl groups is 1. The van der Waals surface area contributed by atoms with Crippen molar-refractivity contribution in [3.8, 4) is 0 Å². The Kier molecular flexibility index (Phi) is 9.93. The van der Waals surface area contributed by atoms with Gasteiger partial charge in [-0.1, -0.05) is 6.07 Å². The number of amides is 2. The van der Waals surface area contributed by atoms with Gasteiger partial charge in [-0.15, -0.1) is 0 Å². The third kappa shape index (κ3) is 7.13. The van der Waals surface area contributed by atoms with Crippen LogP contribution in [0, 0.1) is 17.5 Å². The topological polar surface area (TPSA) is 120 Å². The van der Waals surface area contributed by atoms with Crippen LogP contribution in [-0.4, -0.2) is 61.7 Å². The molecule has 0 aliphatic carbocycles. The summed E-state index contributed by atoms with van der Waals surface area (Å²) in [6, 6.07) is 6.64. The van der Waals surface area contributed by atoms with E-state index >= 15 is 4.39 Å². The Balaban J connectivity index is 1.69. The van der Waals surface area contributed by atoms with Gasteiger partial charge in [0.25, 0.3) is 0 Å². The highest BCUT2D eigenvalue weighted by molar-refractivity contribution is 6.01. The Bertz CT molecular complexity index is 1450. The number of carbonyl (C=O) groups is 1. The first-order valence-electron chi connectivity index (χ1n) is 13.3. The lowest BCUT2D eigenvalue weighted by Gasteiger charge is -2.35. The van der Waals surface area contributed by atoms with Crippen molar-refractivity contribution in [1.29, 1.82) is 0 Å². The second kappa shape index (κ2) is 13.6. The number of urea groups is 1. The number of carbonyl (C=O) groups excluding carboxylic acids is 1. The second-order valence-corrected chi connectivity index (χ2v) is 9.38. The summed E-state index contributed by atoms with van der Waals surface area (Å²) >= 11 is 0. The molecule has 2 atom stereocenters. The number of nitrogens with zero attached hydrogens (tertiary/aromatic N) is 6. The molecule has 0 fully saturated rings. The third-order valence-corrected chi connectivity index (χ3v) is 6.63. The van der Waals surface area contributed by atoms with Gasteiger partial charge in [0.15, 0.2) is 6.29 Å². The zero-order chi connectivity index (χ0) is 30.3. The molecule has 11 nitrogen and oxygen atoms in total. The molecule has 224 valence electrons. The van der Waals surface area contributed by atoms with Crippen molar-refractivity contribution in [3.05, 3.63) is 90.5 Å². The third-order valence-electron chi connectivity index (χ3n) is 6.63. The molecule has 0 saturated carbocycles. The summed E-state index contributed by atoms with van der Waals surface area (Å²) in [4.78, 5) is 18.7. The van der Waals surface area contributed by atoms with Crippen LogP contribution in [0.4, 0.5) is 29.3 Å². The van der Waals surface area contributed by atoms with Crippen LogP contribution >= 0.6 is 0 Å². The van der Waals surface area contributed by atoms with Gasteiger partial charge in [-0.25, -0.2) is 27.6 Å². The highest BCUT2D eigenvalue weighted by Crippen LogP contribution is 2.37. The predicted molar refractivity (Wildman–Crippen MR) is 147 cm³/mol. The number of aromatic nitrogens is 5. The fraction of sp³-hybridized carbons (Fsp3) is 0.357. The van der Waals surface area contributed by atoms with Crippen molar-refractivity contribution in [2.75, 3.05) is 30.0 Å². The van der Waals surface area contributed by atoms with Gasteiger partial charge >= 0.3 is 6.03 Å². The first-order chi connectivity index (χ1) is 20.1. The van der Waals surface area contributed by atoms with Gasteiger partial charge in [0.1, 0.15) is 35.7 Å². The van der Waals surface area contributed by atoms with E-state index in [0.717, 1.165) is 6.07 Å². The van der Waals surface area contributed by atoms with Crippen LogP contribution < -0.4 is 10.2 Å². The highest BCUT2D eigenvalue weighted by Gasteiger charge is 2.41. The number of nitrogens with one attached hydrogen (secondary N) is 1. The molecule has 2 N–H and O–H groups in total. The maximum Gasteiger partial charge on any atom is 0.326 e. The average molecular weight is 588 g/mol. The Morgan fingerprint density at radius 1 is 1.07 bits per heavy atom. The second-order valence-electron chi connectivity index (χ2n) is 9.38. The minimum Gasteiger partial charge on any atom is -0.381 e. The van der Waals surface area contributed by atoms with Crippen molar-refractivity contribution < 1.29 is 32.5 Å². The SMILES string of the molecule is CCOC(CN(C(=O)Nc1ccc(F)cc1)c1cnn([C@H](C)[C@](O)(Cn2cncn2)c2ccc(F)cc2F)c1)OCC. The molecule has 4 aromatic rings. The molecule has 0 aliphatic heterocycles. The van der Waals surface area contributed by atoms with Gasteiger partial charge < -0.3 is 19.9 Å². The summed E-state index contributed by atoms with van der Waals surface area (Å²) in [5, 5.41) is 23.0. The van der Waals surface area contributed by atoms with E-state index in [1.807, 2.05) is 0 Å². The molecule has 2 aromatic heterocycles. The number of hydrogen-bond acceptors (Lipinski definition) is 7. The van der Waals surface area contributed by atoms with Crippen molar-refractivity contribution in [1.82, 2.24) is 24.5 Å². The number of hydrogen-bond donors (Lipinski definition) is 2. The van der Waals surface area contributed by atoms with Gasteiger partial charge in [-0.2, -0.15) is 10.2 Å². The molecule has 14 heteroatoms. The molecule has 4 rings (SSSR count). The summed E-state index contributed by atoms with van der Waals surface area (Å²) in [6.07, 6.45) is 4.74. The molecular formula is C28H32F3N7O4. The number of ether oxygens (including phenoxy) is 2. The molecule has 42 heavy (non-hydrogen) atoms. The fourth-order valence-corrected chi connectivity index (χ4v) is 4.45. The molecule has 0 aliphatic rings. The first-order valence-corrected chi connectivity index (χ1v) is 13.3. The minimum atomic E-state index is -1.98. The van der Waals surface area contributed by atoms with Gasteiger partial charge in [0.2, 0.25) is 0 Å². The Morgan fingerprint density at radius 2 is 1.76 bits per heavy atom. The number of rotatable bonds is 13. The molecular weight excluding hydrogens is 555 g/mol. The summed E-state index contributed by atoms with van der Waals surface area (Å²) in [7, 11) is 0. The van der Waals surface area contributed by atoms with E-state index in [4.69, 9.17) is 9.47 Å². The van der Waals surface area contributed by atoms with Gasteiger partial charge in [-0.3, -0.25) is 9.58 Å². The van der Waals surface area contributed by atoms with Crippen LogP contribution in [0.3, 0.4) is 0 Å². The summed E-state index contributed by atoms with van der Waals surface area (Å²) in [6.45, 7) is 5.56. The molecule has 0 unspecified atom stereocenters. The lowest BCUT2D eigenvalue weighted by molar-refractivity contribution is -0.128. The van der Waals surface area contributed by atoms with Crippen molar-refractivity contribution in [2.45, 2.75) is 45.2 Å². The molecule has 0 radical (unpaired) electrons. The lowest BCUT2D eigenvalue weighted by Crippen LogP contribution is -2.42. The fourth-order valence-electron chi connectivity index (χ4n) is 4.45. The van der Waals surface area contributed by atoms with Crippen LogP contribution in [0.1, 0.15) is 32.4 Å². The maximum atomic E-state index is 15.0. The zero-order valence-corrected chi connectivity index (χ0v) is 23.3. The Labute approximate surface area is 240 Å². The van der Waals surface area contributed by atoms with Crippen molar-refractivity contribution in [3.63, 3.8) is 0 Å². The van der Waals surface area contributed by atoms with Gasteiger partial charge in [0.05, 0.1) is 31.0 Å². The normalized spacial score (nSPS) is 13.6. The lowest BCUT2D eigenvalue weighted by atomic mass is 9.86. The van der Waals surface area contributed by atoms with Crippen LogP contribution in [-0.2, 0) is 21.6 Å². The molecule has 2 heterocycles. The Morgan fingerprint density at radius 3 is 2.38 bits per heavy atom. The van der Waals surface area contributed by atoms with E-state index in [0.29, 0.717) is 30.7 Å².